The lowest BCUT2D eigenvalue weighted by molar-refractivity contribution is -0.118. The first kappa shape index (κ1) is 34.8. The first-order valence-corrected chi connectivity index (χ1v) is 15.7. The molecule has 1 heterocycles. The Morgan fingerprint density at radius 1 is 0.952 bits per heavy atom. The molecule has 2 unspecified atom stereocenters. The van der Waals surface area contributed by atoms with Gasteiger partial charge in [-0.3, -0.25) is 9.10 Å². The van der Waals surface area contributed by atoms with Crippen molar-refractivity contribution in [3.05, 3.63) is 95.1 Å². The number of fused-ring (bicyclic) bond motifs is 2. The number of aryl methyl sites for hydroxylation is 3. The van der Waals surface area contributed by atoms with E-state index in [9.17, 15) is 9.00 Å². The number of carbonyl (C=O) groups excluding carboxylic acids is 1. The number of rotatable bonds is 8. The number of primary amides is 1. The van der Waals surface area contributed by atoms with E-state index in [1.54, 1.807) is 11.1 Å². The predicted octanol–water partition coefficient (Wildman–Crippen LogP) is 5.57. The van der Waals surface area contributed by atoms with Crippen molar-refractivity contribution in [2.24, 2.45) is 11.7 Å². The molecule has 1 aliphatic carbocycles. The Hall–Kier alpha value is -3.44. The molecule has 0 aromatic heterocycles. The fourth-order valence-electron chi connectivity index (χ4n) is 5.27. The molecule has 0 saturated carbocycles. The van der Waals surface area contributed by atoms with E-state index in [0.29, 0.717) is 0 Å². The Balaban J connectivity index is 0.000000273. The molecule has 3 aromatic carbocycles. The number of terminal acetylenes is 1. The van der Waals surface area contributed by atoms with E-state index < -0.39 is 11.0 Å². The summed E-state index contributed by atoms with van der Waals surface area (Å²) >= 11 is 0. The highest BCUT2D eigenvalue weighted by molar-refractivity contribution is 7.86. The van der Waals surface area contributed by atoms with Crippen LogP contribution < -0.4 is 15.4 Å². The number of amides is 1. The Kier molecular flexibility index (Phi) is 15.6. The molecule has 0 spiro atoms. The monoisotopic (exact) mass is 589 g/mol. The van der Waals surface area contributed by atoms with Crippen molar-refractivity contribution in [2.45, 2.75) is 76.3 Å². The molecule has 2 aliphatic rings. The molecule has 4 N–H and O–H groups in total. The van der Waals surface area contributed by atoms with E-state index in [0.717, 1.165) is 55.1 Å². The number of aliphatic hydroxyl groups excluding tert-OH is 1. The molecule has 0 radical (unpaired) electrons. The molecular weight excluding hydrogens is 542 g/mol. The van der Waals surface area contributed by atoms with E-state index in [1.165, 1.54) is 31.2 Å². The smallest absolute Gasteiger partial charge is 0.219 e. The average molecular weight is 590 g/mol. The zero-order valence-electron chi connectivity index (χ0n) is 25.3. The third-order valence-corrected chi connectivity index (χ3v) is 8.69. The molecule has 5 rings (SSSR count). The summed E-state index contributed by atoms with van der Waals surface area (Å²) in [7, 11) is -0.352. The molecule has 6 nitrogen and oxygen atoms in total. The minimum Gasteiger partial charge on any atom is -0.400 e. The van der Waals surface area contributed by atoms with Crippen LogP contribution in [-0.2, 0) is 41.6 Å². The summed E-state index contributed by atoms with van der Waals surface area (Å²) in [6, 6.07) is 24.1. The number of nitrogens with zero attached hydrogens (tertiary/aromatic N) is 1. The summed E-state index contributed by atoms with van der Waals surface area (Å²) in [5.74, 6) is 0.372. The van der Waals surface area contributed by atoms with Crippen LogP contribution in [0, 0.1) is 18.8 Å². The minimum absolute atomic E-state index is 0.131. The second kappa shape index (κ2) is 18.9. The fourth-order valence-corrected chi connectivity index (χ4v) is 6.69. The number of nitrogens with one attached hydrogen (secondary N) is 1. The van der Waals surface area contributed by atoms with Gasteiger partial charge in [-0.05, 0) is 91.4 Å². The SMILES string of the molecule is C#C.CC(C)CNCc1ccc2c(c1)CCCC2.CO.NC(=O)CC1CCc2ccccc2N1S(=O)c1ccccc1. The molecule has 7 heteroatoms. The summed E-state index contributed by atoms with van der Waals surface area (Å²) in [5.41, 5.74) is 12.1. The number of benzene rings is 3. The molecule has 0 saturated heterocycles. The first-order valence-electron chi connectivity index (χ1n) is 14.6. The van der Waals surface area contributed by atoms with E-state index in [4.69, 9.17) is 10.8 Å². The van der Waals surface area contributed by atoms with Gasteiger partial charge in [0.25, 0.3) is 0 Å². The highest BCUT2D eigenvalue weighted by Crippen LogP contribution is 2.34. The number of carbonyl (C=O) groups is 1. The van der Waals surface area contributed by atoms with Crippen LogP contribution in [0.4, 0.5) is 5.69 Å². The van der Waals surface area contributed by atoms with Gasteiger partial charge >= 0.3 is 0 Å². The van der Waals surface area contributed by atoms with Crippen molar-refractivity contribution in [2.75, 3.05) is 18.0 Å². The lowest BCUT2D eigenvalue weighted by Crippen LogP contribution is -2.42. The Labute approximate surface area is 255 Å². The van der Waals surface area contributed by atoms with Crippen molar-refractivity contribution in [3.8, 4) is 12.8 Å². The van der Waals surface area contributed by atoms with Crippen LogP contribution in [0.1, 0.15) is 61.8 Å². The summed E-state index contributed by atoms with van der Waals surface area (Å²) in [6.07, 6.45) is 15.2. The third kappa shape index (κ3) is 10.4. The van der Waals surface area contributed by atoms with Crippen LogP contribution >= 0.6 is 0 Å². The van der Waals surface area contributed by atoms with Crippen LogP contribution in [0.25, 0.3) is 0 Å². The van der Waals surface area contributed by atoms with Gasteiger partial charge in [0, 0.05) is 20.1 Å². The topological polar surface area (TPSA) is 95.7 Å². The third-order valence-electron chi connectivity index (χ3n) is 7.16. The zero-order valence-corrected chi connectivity index (χ0v) is 26.1. The van der Waals surface area contributed by atoms with Crippen LogP contribution in [0.15, 0.2) is 77.7 Å². The average Bonchev–Trinajstić information content (AvgIpc) is 3.03. The highest BCUT2D eigenvalue weighted by Gasteiger charge is 2.31. The Morgan fingerprint density at radius 2 is 1.60 bits per heavy atom. The molecule has 0 fully saturated rings. The number of anilines is 1. The minimum atomic E-state index is -1.35. The predicted molar refractivity (Wildman–Crippen MR) is 175 cm³/mol. The van der Waals surface area contributed by atoms with Gasteiger partial charge in [-0.1, -0.05) is 68.4 Å². The first-order chi connectivity index (χ1) is 20.4. The highest BCUT2D eigenvalue weighted by atomic mass is 32.2. The second-order valence-electron chi connectivity index (χ2n) is 10.7. The lowest BCUT2D eigenvalue weighted by atomic mass is 9.90. The molecule has 42 heavy (non-hydrogen) atoms. The second-order valence-corrected chi connectivity index (χ2v) is 12.1. The van der Waals surface area contributed by atoms with Gasteiger partial charge in [0.1, 0.15) is 0 Å². The van der Waals surface area contributed by atoms with Crippen molar-refractivity contribution in [1.29, 1.82) is 0 Å². The molecule has 3 aromatic rings. The van der Waals surface area contributed by atoms with Crippen molar-refractivity contribution < 1.29 is 14.1 Å². The molecule has 2 atom stereocenters. The summed E-state index contributed by atoms with van der Waals surface area (Å²) in [5, 5.41) is 10.5. The van der Waals surface area contributed by atoms with Crippen LogP contribution in [0.2, 0.25) is 0 Å². The molecule has 1 aliphatic heterocycles. The van der Waals surface area contributed by atoms with Crippen molar-refractivity contribution in [3.63, 3.8) is 0 Å². The number of para-hydroxylation sites is 1. The van der Waals surface area contributed by atoms with Gasteiger partial charge in [0.2, 0.25) is 5.91 Å². The van der Waals surface area contributed by atoms with Crippen molar-refractivity contribution >= 4 is 22.6 Å². The van der Waals surface area contributed by atoms with Gasteiger partial charge in [-0.2, -0.15) is 0 Å². The van der Waals surface area contributed by atoms with Gasteiger partial charge in [-0.25, -0.2) is 4.21 Å². The standard InChI is InChI=1S/C17H18N2O2S.C15H23N.C2H2.CH4O/c18-17(20)12-14-11-10-13-6-4-5-9-16(13)19(14)22(21)15-7-2-1-3-8-15;1-12(2)10-16-11-13-7-8-14-5-3-4-6-15(14)9-13;2*1-2/h1-9,14H,10-12H2,(H2,18,20);7-9,12,16H,3-6,10-11H2,1-2H3;1-2H;2H,1H3. The van der Waals surface area contributed by atoms with Gasteiger partial charge in [0.05, 0.1) is 16.6 Å². The van der Waals surface area contributed by atoms with Gasteiger partial charge in [0.15, 0.2) is 11.0 Å². The van der Waals surface area contributed by atoms with Crippen LogP contribution in [-0.4, -0.2) is 34.9 Å². The Morgan fingerprint density at radius 3 is 2.26 bits per heavy atom. The Bertz CT molecular complexity index is 1280. The normalized spacial score (nSPS) is 15.7. The lowest BCUT2D eigenvalue weighted by Gasteiger charge is -2.37. The van der Waals surface area contributed by atoms with E-state index in [2.05, 4.69) is 50.2 Å². The van der Waals surface area contributed by atoms with Gasteiger partial charge in [-0.15, -0.1) is 12.8 Å². The fraction of sp³-hybridized carbons (Fsp3) is 0.400. The van der Waals surface area contributed by atoms with Crippen LogP contribution in [0.3, 0.4) is 0 Å². The number of hydrogen-bond acceptors (Lipinski definition) is 4. The molecule has 1 amide bonds. The van der Waals surface area contributed by atoms with Crippen molar-refractivity contribution in [1.82, 2.24) is 5.32 Å². The van der Waals surface area contributed by atoms with Crippen LogP contribution in [0.5, 0.6) is 0 Å². The maximum Gasteiger partial charge on any atom is 0.219 e. The van der Waals surface area contributed by atoms with E-state index >= 15 is 0 Å². The number of nitrogens with two attached hydrogens (primary N) is 1. The largest absolute Gasteiger partial charge is 0.400 e. The van der Waals surface area contributed by atoms with E-state index in [-0.39, 0.29) is 18.4 Å². The number of aliphatic hydroxyl groups is 1. The maximum atomic E-state index is 13.0. The molecule has 226 valence electrons. The number of hydrogen-bond donors (Lipinski definition) is 3. The summed E-state index contributed by atoms with van der Waals surface area (Å²) < 4.78 is 14.9. The summed E-state index contributed by atoms with van der Waals surface area (Å²) in [4.78, 5) is 12.1. The zero-order chi connectivity index (χ0) is 30.9. The quantitative estimate of drug-likeness (QED) is 0.299. The molecule has 0 bridgehead atoms. The maximum absolute atomic E-state index is 13.0. The van der Waals surface area contributed by atoms with E-state index in [1.807, 2.05) is 58.9 Å². The summed E-state index contributed by atoms with van der Waals surface area (Å²) in [6.45, 7) is 6.63. The van der Waals surface area contributed by atoms with Gasteiger partial charge < -0.3 is 16.2 Å². The molecular formula is C35H47N3O3S.